The summed E-state index contributed by atoms with van der Waals surface area (Å²) >= 11 is 0. The van der Waals surface area contributed by atoms with E-state index in [-0.39, 0.29) is 0 Å². The summed E-state index contributed by atoms with van der Waals surface area (Å²) in [5.41, 5.74) is 3.84. The first kappa shape index (κ1) is 9.85. The highest BCUT2D eigenvalue weighted by Gasteiger charge is 2.03. The van der Waals surface area contributed by atoms with E-state index in [1.165, 1.54) is 16.7 Å². The van der Waals surface area contributed by atoms with Crippen molar-refractivity contribution in [2.75, 3.05) is 6.61 Å². The topological polar surface area (TPSA) is 9.23 Å². The molecule has 1 rings (SSSR count). The van der Waals surface area contributed by atoms with E-state index in [0.29, 0.717) is 6.61 Å². The van der Waals surface area contributed by atoms with Crippen molar-refractivity contribution in [3.63, 3.8) is 0 Å². The Hall–Kier alpha value is -1.24. The van der Waals surface area contributed by atoms with Gasteiger partial charge in [0.1, 0.15) is 12.4 Å². The predicted molar refractivity (Wildman–Crippen MR) is 56.3 cm³/mol. The molecule has 0 atom stereocenters. The SMILES string of the molecule is C=CCOc1ccc(C)c(C)c1C. The molecule has 13 heavy (non-hydrogen) atoms. The summed E-state index contributed by atoms with van der Waals surface area (Å²) in [4.78, 5) is 0. The van der Waals surface area contributed by atoms with Crippen molar-refractivity contribution in [3.05, 3.63) is 41.5 Å². The fraction of sp³-hybridized carbons (Fsp3) is 0.333. The number of benzene rings is 1. The fourth-order valence-corrected chi connectivity index (χ4v) is 1.24. The molecular weight excluding hydrogens is 160 g/mol. The van der Waals surface area contributed by atoms with Gasteiger partial charge in [0.2, 0.25) is 0 Å². The molecule has 0 aromatic heterocycles. The summed E-state index contributed by atoms with van der Waals surface area (Å²) in [6.07, 6.45) is 1.76. The Morgan fingerprint density at radius 1 is 1.23 bits per heavy atom. The second-order valence-corrected chi connectivity index (χ2v) is 3.23. The molecule has 0 radical (unpaired) electrons. The first-order valence-electron chi connectivity index (χ1n) is 4.47. The Morgan fingerprint density at radius 3 is 2.54 bits per heavy atom. The van der Waals surface area contributed by atoms with Crippen molar-refractivity contribution in [1.82, 2.24) is 0 Å². The monoisotopic (exact) mass is 176 g/mol. The van der Waals surface area contributed by atoms with Crippen LogP contribution in [0.3, 0.4) is 0 Å². The average molecular weight is 176 g/mol. The van der Waals surface area contributed by atoms with Crippen LogP contribution in [0.2, 0.25) is 0 Å². The van der Waals surface area contributed by atoms with E-state index in [1.807, 2.05) is 6.07 Å². The second-order valence-electron chi connectivity index (χ2n) is 3.23. The van der Waals surface area contributed by atoms with Crippen LogP contribution in [-0.4, -0.2) is 6.61 Å². The van der Waals surface area contributed by atoms with Crippen molar-refractivity contribution in [2.24, 2.45) is 0 Å². The Morgan fingerprint density at radius 2 is 1.92 bits per heavy atom. The van der Waals surface area contributed by atoms with E-state index in [9.17, 15) is 0 Å². The van der Waals surface area contributed by atoms with Gasteiger partial charge in [-0.25, -0.2) is 0 Å². The quantitative estimate of drug-likeness (QED) is 0.643. The van der Waals surface area contributed by atoms with Crippen LogP contribution in [0.5, 0.6) is 5.75 Å². The maximum Gasteiger partial charge on any atom is 0.122 e. The summed E-state index contributed by atoms with van der Waals surface area (Å²) in [5, 5.41) is 0. The van der Waals surface area contributed by atoms with Crippen molar-refractivity contribution in [1.29, 1.82) is 0 Å². The first-order valence-corrected chi connectivity index (χ1v) is 4.47. The molecule has 1 nitrogen and oxygen atoms in total. The van der Waals surface area contributed by atoms with Gasteiger partial charge in [-0.3, -0.25) is 0 Å². The van der Waals surface area contributed by atoms with E-state index in [0.717, 1.165) is 5.75 Å². The van der Waals surface area contributed by atoms with Crippen molar-refractivity contribution >= 4 is 0 Å². The molecule has 0 N–H and O–H groups in total. The van der Waals surface area contributed by atoms with Gasteiger partial charge in [-0.1, -0.05) is 18.7 Å². The third-order valence-electron chi connectivity index (χ3n) is 2.37. The summed E-state index contributed by atoms with van der Waals surface area (Å²) in [7, 11) is 0. The zero-order valence-corrected chi connectivity index (χ0v) is 8.55. The molecule has 0 aliphatic rings. The highest BCUT2D eigenvalue weighted by molar-refractivity contribution is 5.42. The minimum Gasteiger partial charge on any atom is -0.489 e. The molecule has 0 heterocycles. The van der Waals surface area contributed by atoms with Gasteiger partial charge in [-0.15, -0.1) is 0 Å². The lowest BCUT2D eigenvalue weighted by Gasteiger charge is -2.11. The molecule has 1 aromatic rings. The lowest BCUT2D eigenvalue weighted by atomic mass is 10.0. The van der Waals surface area contributed by atoms with Crippen molar-refractivity contribution in [2.45, 2.75) is 20.8 Å². The Kier molecular flexibility index (Phi) is 3.13. The molecule has 0 bridgehead atoms. The van der Waals surface area contributed by atoms with Crippen LogP contribution in [0.4, 0.5) is 0 Å². The summed E-state index contributed by atoms with van der Waals surface area (Å²) in [5.74, 6) is 0.961. The Labute approximate surface area is 80.0 Å². The Balaban J connectivity index is 2.96. The normalized spacial score (nSPS) is 9.77. The highest BCUT2D eigenvalue weighted by atomic mass is 16.5. The number of aryl methyl sites for hydroxylation is 1. The smallest absolute Gasteiger partial charge is 0.122 e. The molecule has 0 amide bonds. The van der Waals surface area contributed by atoms with E-state index in [2.05, 4.69) is 33.4 Å². The van der Waals surface area contributed by atoms with E-state index in [1.54, 1.807) is 6.08 Å². The van der Waals surface area contributed by atoms with Gasteiger partial charge in [0, 0.05) is 0 Å². The predicted octanol–water partition coefficient (Wildman–Crippen LogP) is 3.18. The minimum absolute atomic E-state index is 0.573. The molecule has 0 fully saturated rings. The molecule has 0 aliphatic carbocycles. The summed E-state index contributed by atoms with van der Waals surface area (Å²) < 4.78 is 5.50. The lowest BCUT2D eigenvalue weighted by Crippen LogP contribution is -1.97. The van der Waals surface area contributed by atoms with Crippen LogP contribution in [0.15, 0.2) is 24.8 Å². The largest absolute Gasteiger partial charge is 0.489 e. The minimum atomic E-state index is 0.573. The molecule has 0 aliphatic heterocycles. The molecule has 1 heteroatoms. The van der Waals surface area contributed by atoms with E-state index >= 15 is 0 Å². The molecule has 0 spiro atoms. The molecule has 70 valence electrons. The molecular formula is C12H16O. The number of ether oxygens (including phenoxy) is 1. The maximum absolute atomic E-state index is 5.50. The molecule has 0 saturated carbocycles. The maximum atomic E-state index is 5.50. The van der Waals surface area contributed by atoms with Crippen LogP contribution in [0.1, 0.15) is 16.7 Å². The van der Waals surface area contributed by atoms with E-state index in [4.69, 9.17) is 4.74 Å². The summed E-state index contributed by atoms with van der Waals surface area (Å²) in [6.45, 7) is 10.5. The van der Waals surface area contributed by atoms with Gasteiger partial charge >= 0.3 is 0 Å². The Bertz CT molecular complexity index is 313. The van der Waals surface area contributed by atoms with Gasteiger partial charge in [0.25, 0.3) is 0 Å². The van der Waals surface area contributed by atoms with Crippen LogP contribution >= 0.6 is 0 Å². The third kappa shape index (κ3) is 2.11. The van der Waals surface area contributed by atoms with Crippen LogP contribution < -0.4 is 4.74 Å². The molecule has 1 aromatic carbocycles. The number of hydrogen-bond donors (Lipinski definition) is 0. The highest BCUT2D eigenvalue weighted by Crippen LogP contribution is 2.23. The van der Waals surface area contributed by atoms with Crippen molar-refractivity contribution in [3.8, 4) is 5.75 Å². The lowest BCUT2D eigenvalue weighted by molar-refractivity contribution is 0.360. The van der Waals surface area contributed by atoms with Gasteiger partial charge in [-0.2, -0.15) is 0 Å². The van der Waals surface area contributed by atoms with Crippen molar-refractivity contribution < 1.29 is 4.74 Å². The van der Waals surface area contributed by atoms with Gasteiger partial charge in [0.05, 0.1) is 0 Å². The second kappa shape index (κ2) is 4.13. The number of rotatable bonds is 3. The zero-order chi connectivity index (χ0) is 9.84. The van der Waals surface area contributed by atoms with Gasteiger partial charge < -0.3 is 4.74 Å². The average Bonchev–Trinajstić information content (AvgIpc) is 2.13. The first-order chi connectivity index (χ1) is 6.16. The van der Waals surface area contributed by atoms with Crippen LogP contribution in [-0.2, 0) is 0 Å². The molecule has 0 unspecified atom stereocenters. The van der Waals surface area contributed by atoms with E-state index < -0.39 is 0 Å². The van der Waals surface area contributed by atoms with Gasteiger partial charge in [0.15, 0.2) is 0 Å². The van der Waals surface area contributed by atoms with Crippen LogP contribution in [0, 0.1) is 20.8 Å². The zero-order valence-electron chi connectivity index (χ0n) is 8.55. The van der Waals surface area contributed by atoms with Gasteiger partial charge in [-0.05, 0) is 43.5 Å². The number of hydrogen-bond acceptors (Lipinski definition) is 1. The fourth-order valence-electron chi connectivity index (χ4n) is 1.24. The standard InChI is InChI=1S/C12H16O/c1-5-8-13-12-7-6-9(2)10(3)11(12)4/h5-7H,1,8H2,2-4H3. The third-order valence-corrected chi connectivity index (χ3v) is 2.37. The summed E-state index contributed by atoms with van der Waals surface area (Å²) in [6, 6.07) is 4.10. The molecule has 0 saturated heterocycles. The van der Waals surface area contributed by atoms with Crippen LogP contribution in [0.25, 0.3) is 0 Å².